The van der Waals surface area contributed by atoms with Crippen LogP contribution >= 0.6 is 0 Å². The molecule has 2 aliphatic rings. The minimum atomic E-state index is -3.86. The van der Waals surface area contributed by atoms with Gasteiger partial charge in [0.2, 0.25) is 15.0 Å². The normalized spacial score (nSPS) is 18.2. The van der Waals surface area contributed by atoms with Crippen LogP contribution in [-0.2, 0) is 38.3 Å². The molecule has 0 spiro atoms. The topological polar surface area (TPSA) is 94.1 Å². The van der Waals surface area contributed by atoms with Crippen LogP contribution in [0.25, 0.3) is 0 Å². The van der Waals surface area contributed by atoms with Gasteiger partial charge in [0.25, 0.3) is 0 Å². The van der Waals surface area contributed by atoms with Crippen LogP contribution in [0.3, 0.4) is 0 Å². The summed E-state index contributed by atoms with van der Waals surface area (Å²) in [4.78, 5) is 8.59. The second kappa shape index (κ2) is 8.38. The first-order valence-corrected chi connectivity index (χ1v) is 13.9. The van der Waals surface area contributed by atoms with Gasteiger partial charge >= 0.3 is 0 Å². The molecule has 0 saturated heterocycles. The maximum Gasteiger partial charge on any atom is 0.248 e. The van der Waals surface area contributed by atoms with Gasteiger partial charge in [0.05, 0.1) is 11.0 Å². The van der Waals surface area contributed by atoms with E-state index in [2.05, 4.69) is 9.97 Å². The van der Waals surface area contributed by atoms with Crippen LogP contribution in [0, 0.1) is 6.92 Å². The zero-order valence-corrected chi connectivity index (χ0v) is 18.9. The molecule has 2 aromatic rings. The predicted molar refractivity (Wildman–Crippen MR) is 115 cm³/mol. The van der Waals surface area contributed by atoms with Gasteiger partial charge in [-0.1, -0.05) is 49.1 Å². The first-order valence-electron chi connectivity index (χ1n) is 10.7. The molecule has 0 bridgehead atoms. The Kier molecular flexibility index (Phi) is 5.99. The average molecular weight is 449 g/mol. The molecule has 1 fully saturated rings. The minimum absolute atomic E-state index is 0.0263. The number of hydrogen-bond donors (Lipinski definition) is 0. The summed E-state index contributed by atoms with van der Waals surface area (Å²) in [6.45, 7) is 1.94. The summed E-state index contributed by atoms with van der Waals surface area (Å²) in [5.41, 5.74) is 2.91. The van der Waals surface area contributed by atoms with Gasteiger partial charge in [0.1, 0.15) is 0 Å². The Labute approximate surface area is 179 Å². The third-order valence-corrected chi connectivity index (χ3v) is 9.82. The number of hydrogen-bond acceptors (Lipinski definition) is 6. The number of aryl methyl sites for hydroxylation is 2. The van der Waals surface area contributed by atoms with Crippen molar-refractivity contribution in [1.29, 1.82) is 0 Å². The van der Waals surface area contributed by atoms with Crippen molar-refractivity contribution in [3.8, 4) is 0 Å². The quantitative estimate of drug-likeness (QED) is 0.511. The smallest absolute Gasteiger partial charge is 0.223 e. The third kappa shape index (κ3) is 4.30. The van der Waals surface area contributed by atoms with Crippen LogP contribution in [0.4, 0.5) is 0 Å². The molecule has 1 heterocycles. The van der Waals surface area contributed by atoms with Gasteiger partial charge in [-0.3, -0.25) is 0 Å². The molecule has 1 aromatic carbocycles. The molecule has 30 heavy (non-hydrogen) atoms. The number of sulfone groups is 2. The van der Waals surface area contributed by atoms with E-state index < -0.39 is 24.9 Å². The number of nitrogens with zero attached hydrogens (tertiary/aromatic N) is 2. The molecule has 0 radical (unpaired) electrons. The SMILES string of the molecule is Cc1ccc(CS(=O)(=O)c2nc3c(c(S(=O)(=O)C4CCCCC4)n2)CCCC3)cc1. The van der Waals surface area contributed by atoms with E-state index in [1.54, 1.807) is 12.1 Å². The van der Waals surface area contributed by atoms with Crippen molar-refractivity contribution in [3.05, 3.63) is 46.6 Å². The molecule has 8 heteroatoms. The van der Waals surface area contributed by atoms with E-state index in [1.807, 2.05) is 19.1 Å². The van der Waals surface area contributed by atoms with Gasteiger partial charge in [0.15, 0.2) is 14.9 Å². The van der Waals surface area contributed by atoms with Crippen molar-refractivity contribution in [2.24, 2.45) is 0 Å². The lowest BCUT2D eigenvalue weighted by atomic mass is 9.98. The third-order valence-electron chi connectivity index (χ3n) is 6.14. The van der Waals surface area contributed by atoms with Gasteiger partial charge in [-0.2, -0.15) is 0 Å². The summed E-state index contributed by atoms with van der Waals surface area (Å²) < 4.78 is 53.1. The number of benzene rings is 1. The first kappa shape index (κ1) is 21.4. The van der Waals surface area contributed by atoms with Crippen molar-refractivity contribution in [2.75, 3.05) is 0 Å². The monoisotopic (exact) mass is 448 g/mol. The summed E-state index contributed by atoms with van der Waals surface area (Å²) >= 11 is 0. The first-order chi connectivity index (χ1) is 14.3. The van der Waals surface area contributed by atoms with E-state index in [0.29, 0.717) is 42.5 Å². The maximum atomic E-state index is 13.4. The summed E-state index contributed by atoms with van der Waals surface area (Å²) in [7, 11) is -7.54. The van der Waals surface area contributed by atoms with Crippen molar-refractivity contribution >= 4 is 19.7 Å². The highest BCUT2D eigenvalue weighted by Gasteiger charge is 2.35. The Morgan fingerprint density at radius 3 is 2.23 bits per heavy atom. The van der Waals surface area contributed by atoms with Gasteiger partial charge < -0.3 is 0 Å². The fourth-order valence-electron chi connectivity index (χ4n) is 4.41. The highest BCUT2D eigenvalue weighted by molar-refractivity contribution is 7.92. The molecule has 0 N–H and O–H groups in total. The van der Waals surface area contributed by atoms with Crippen molar-refractivity contribution < 1.29 is 16.8 Å². The molecule has 4 rings (SSSR count). The largest absolute Gasteiger partial charge is 0.248 e. The van der Waals surface area contributed by atoms with Crippen LogP contribution in [0.5, 0.6) is 0 Å². The second-order valence-corrected chi connectivity index (χ2v) is 12.5. The Hall–Kier alpha value is -1.80. The van der Waals surface area contributed by atoms with Crippen LogP contribution < -0.4 is 0 Å². The molecule has 2 aliphatic carbocycles. The highest BCUT2D eigenvalue weighted by Crippen LogP contribution is 2.33. The molecule has 1 saturated carbocycles. The average Bonchev–Trinajstić information content (AvgIpc) is 2.75. The Morgan fingerprint density at radius 1 is 0.867 bits per heavy atom. The molecular formula is C22H28N2O4S2. The number of aromatic nitrogens is 2. The van der Waals surface area contributed by atoms with E-state index in [4.69, 9.17) is 0 Å². The van der Waals surface area contributed by atoms with Crippen LogP contribution in [0.1, 0.15) is 67.3 Å². The lowest BCUT2D eigenvalue weighted by molar-refractivity contribution is 0.479. The lowest BCUT2D eigenvalue weighted by Gasteiger charge is -2.24. The minimum Gasteiger partial charge on any atom is -0.223 e. The summed E-state index contributed by atoms with van der Waals surface area (Å²) in [5, 5.41) is -0.848. The van der Waals surface area contributed by atoms with Crippen LogP contribution in [0.2, 0.25) is 0 Å². The standard InChI is InChI=1S/C22H28N2O4S2/c1-16-11-13-17(14-12-16)15-29(25,26)22-23-20-10-6-5-9-19(20)21(24-22)30(27,28)18-7-3-2-4-8-18/h11-14,18H,2-10,15H2,1H3. The molecule has 1 aromatic heterocycles. The summed E-state index contributed by atoms with van der Waals surface area (Å²) in [5.74, 6) is -0.241. The molecule has 162 valence electrons. The Morgan fingerprint density at radius 2 is 1.53 bits per heavy atom. The van der Waals surface area contributed by atoms with E-state index in [0.717, 1.165) is 37.7 Å². The van der Waals surface area contributed by atoms with Crippen LogP contribution in [0.15, 0.2) is 34.4 Å². The van der Waals surface area contributed by atoms with Crippen molar-refractivity contribution in [2.45, 2.75) is 85.9 Å². The molecule has 0 amide bonds. The van der Waals surface area contributed by atoms with Gasteiger partial charge in [-0.05, 0) is 51.0 Å². The molecule has 0 aliphatic heterocycles. The molecule has 6 nitrogen and oxygen atoms in total. The molecule has 0 unspecified atom stereocenters. The Bertz CT molecular complexity index is 1130. The van der Waals surface area contributed by atoms with Gasteiger partial charge in [-0.15, -0.1) is 0 Å². The van der Waals surface area contributed by atoms with E-state index in [9.17, 15) is 16.8 Å². The molecule has 0 atom stereocenters. The van der Waals surface area contributed by atoms with E-state index >= 15 is 0 Å². The maximum absolute atomic E-state index is 13.4. The van der Waals surface area contributed by atoms with E-state index in [1.165, 1.54) is 0 Å². The fourth-order valence-corrected chi connectivity index (χ4v) is 7.76. The zero-order valence-electron chi connectivity index (χ0n) is 17.3. The molecular weight excluding hydrogens is 420 g/mol. The number of rotatable bonds is 5. The highest BCUT2D eigenvalue weighted by atomic mass is 32.2. The number of fused-ring (bicyclic) bond motifs is 1. The summed E-state index contributed by atoms with van der Waals surface area (Å²) in [6.07, 6.45) is 6.99. The fraction of sp³-hybridized carbons (Fsp3) is 0.545. The summed E-state index contributed by atoms with van der Waals surface area (Å²) in [6, 6.07) is 7.25. The lowest BCUT2D eigenvalue weighted by Crippen LogP contribution is -2.28. The van der Waals surface area contributed by atoms with Gasteiger partial charge in [-0.25, -0.2) is 26.8 Å². The van der Waals surface area contributed by atoms with Crippen molar-refractivity contribution in [3.63, 3.8) is 0 Å². The predicted octanol–water partition coefficient (Wildman–Crippen LogP) is 3.74. The Balaban J connectivity index is 1.78. The van der Waals surface area contributed by atoms with E-state index in [-0.39, 0.29) is 15.9 Å². The van der Waals surface area contributed by atoms with Crippen LogP contribution in [-0.4, -0.2) is 32.1 Å². The van der Waals surface area contributed by atoms with Gasteiger partial charge in [0, 0.05) is 11.3 Å². The second-order valence-electron chi connectivity index (χ2n) is 8.49. The zero-order chi connectivity index (χ0) is 21.4. The van der Waals surface area contributed by atoms with Crippen molar-refractivity contribution in [1.82, 2.24) is 9.97 Å².